The number of carbonyl (C=O) groups is 1. The largest absolute Gasteiger partial charge is 0.487 e. The number of nitrogens with zero attached hydrogens (tertiary/aromatic N) is 2. The van der Waals surface area contributed by atoms with E-state index in [1.807, 2.05) is 0 Å². The van der Waals surface area contributed by atoms with E-state index in [0.717, 1.165) is 50.1 Å². The van der Waals surface area contributed by atoms with Crippen LogP contribution in [0.1, 0.15) is 35.4 Å². The molecule has 0 N–H and O–H groups in total. The summed E-state index contributed by atoms with van der Waals surface area (Å²) in [6.45, 7) is 2.51. The molecule has 4 rings (SSSR count). The van der Waals surface area contributed by atoms with E-state index in [2.05, 4.69) is 4.90 Å². The number of likely N-dealkylation sites (tertiary alicyclic amines) is 1. The summed E-state index contributed by atoms with van der Waals surface area (Å²) in [5.41, 5.74) is 0. The lowest BCUT2D eigenvalue weighted by Crippen LogP contribution is -2.50. The number of para-hydroxylation sites is 1. The minimum absolute atomic E-state index is 0.0149. The van der Waals surface area contributed by atoms with Crippen molar-refractivity contribution >= 4 is 27.3 Å². The number of halogens is 1. The van der Waals surface area contributed by atoms with Crippen LogP contribution in [0.4, 0.5) is 4.39 Å². The van der Waals surface area contributed by atoms with Gasteiger partial charge in [-0.05, 0) is 49.3 Å². The molecule has 10 heteroatoms. The summed E-state index contributed by atoms with van der Waals surface area (Å²) in [7, 11) is -2.49. The van der Waals surface area contributed by atoms with E-state index in [1.165, 1.54) is 23.5 Å². The van der Waals surface area contributed by atoms with Crippen molar-refractivity contribution in [2.75, 3.05) is 33.3 Å². The predicted molar refractivity (Wildman–Crippen MR) is 119 cm³/mol. The van der Waals surface area contributed by atoms with Crippen LogP contribution in [0.2, 0.25) is 0 Å². The summed E-state index contributed by atoms with van der Waals surface area (Å²) in [6, 6.07) is 8.23. The number of rotatable bonds is 6. The fourth-order valence-electron chi connectivity index (χ4n) is 4.41. The maximum absolute atomic E-state index is 13.8. The number of esters is 1. The number of methoxy groups -OCH3 is 1. The molecule has 3 heterocycles. The molecule has 32 heavy (non-hydrogen) atoms. The molecule has 2 aliphatic heterocycles. The van der Waals surface area contributed by atoms with Crippen LogP contribution in [0, 0.1) is 5.82 Å². The van der Waals surface area contributed by atoms with Gasteiger partial charge in [-0.15, -0.1) is 11.3 Å². The monoisotopic (exact) mass is 482 g/mol. The second-order valence-corrected chi connectivity index (χ2v) is 10.8. The first kappa shape index (κ1) is 23.2. The summed E-state index contributed by atoms with van der Waals surface area (Å²) >= 11 is 1.07. The lowest BCUT2D eigenvalue weighted by atomic mass is 10.00. The summed E-state index contributed by atoms with van der Waals surface area (Å²) in [5, 5.41) is 1.60. The molecule has 1 aromatic carbocycles. The minimum Gasteiger partial charge on any atom is -0.487 e. The molecule has 2 saturated heterocycles. The fourth-order valence-corrected chi connectivity index (χ4v) is 7.19. The van der Waals surface area contributed by atoms with E-state index in [9.17, 15) is 17.6 Å². The molecule has 2 aliphatic rings. The van der Waals surface area contributed by atoms with E-state index in [1.54, 1.807) is 23.6 Å². The molecule has 0 saturated carbocycles. The van der Waals surface area contributed by atoms with Gasteiger partial charge in [0.05, 0.1) is 7.11 Å². The molecule has 2 aromatic rings. The maximum atomic E-state index is 13.8. The molecule has 0 amide bonds. The molecule has 0 spiro atoms. The average Bonchev–Trinajstić information content (AvgIpc) is 3.32. The van der Waals surface area contributed by atoms with Gasteiger partial charge in [0.15, 0.2) is 11.6 Å². The molecule has 0 radical (unpaired) electrons. The highest BCUT2D eigenvalue weighted by atomic mass is 32.2. The zero-order valence-corrected chi connectivity index (χ0v) is 19.5. The van der Waals surface area contributed by atoms with Crippen LogP contribution < -0.4 is 4.74 Å². The number of piperidine rings is 2. The van der Waals surface area contributed by atoms with Crippen LogP contribution in [0.15, 0.2) is 40.6 Å². The quantitative estimate of drug-likeness (QED) is 0.588. The van der Waals surface area contributed by atoms with Gasteiger partial charge in [0.1, 0.15) is 15.9 Å². The Bertz CT molecular complexity index is 1040. The number of hydrogen-bond acceptors (Lipinski definition) is 7. The molecule has 0 unspecified atom stereocenters. The van der Waals surface area contributed by atoms with Crippen molar-refractivity contribution in [1.82, 2.24) is 9.21 Å². The Labute approximate surface area is 191 Å². The van der Waals surface area contributed by atoms with Gasteiger partial charge in [-0.3, -0.25) is 0 Å². The highest BCUT2D eigenvalue weighted by Crippen LogP contribution is 2.30. The molecule has 2 fully saturated rings. The van der Waals surface area contributed by atoms with Crippen molar-refractivity contribution in [2.45, 2.75) is 42.7 Å². The van der Waals surface area contributed by atoms with E-state index in [-0.39, 0.29) is 21.7 Å². The van der Waals surface area contributed by atoms with Crippen molar-refractivity contribution in [3.05, 3.63) is 46.4 Å². The Morgan fingerprint density at radius 3 is 2.41 bits per heavy atom. The third-order valence-electron chi connectivity index (χ3n) is 6.16. The Balaban J connectivity index is 1.30. The third-order valence-corrected chi connectivity index (χ3v) is 9.13. The molecular formula is C22H27FN2O5S2. The first-order chi connectivity index (χ1) is 15.4. The van der Waals surface area contributed by atoms with Gasteiger partial charge in [-0.2, -0.15) is 4.31 Å². The SMILES string of the molecule is COC(=O)c1sccc1S(=O)(=O)N1CCC(N2CCC(Oc3ccccc3F)CC2)CC1. The molecule has 0 bridgehead atoms. The van der Waals surface area contributed by atoms with Crippen molar-refractivity contribution in [1.29, 1.82) is 0 Å². The third kappa shape index (κ3) is 4.83. The summed E-state index contributed by atoms with van der Waals surface area (Å²) < 4.78 is 52.0. The van der Waals surface area contributed by atoms with Gasteiger partial charge in [0.25, 0.3) is 0 Å². The van der Waals surface area contributed by atoms with Gasteiger partial charge in [-0.1, -0.05) is 12.1 Å². The van der Waals surface area contributed by atoms with Crippen LogP contribution in [0.25, 0.3) is 0 Å². The van der Waals surface area contributed by atoms with Gasteiger partial charge in [0, 0.05) is 32.2 Å². The topological polar surface area (TPSA) is 76.2 Å². The smallest absolute Gasteiger partial charge is 0.349 e. The molecule has 1 aromatic heterocycles. The lowest BCUT2D eigenvalue weighted by Gasteiger charge is -2.41. The predicted octanol–water partition coefficient (Wildman–Crippen LogP) is 3.37. The number of sulfonamides is 1. The Kier molecular flexibility index (Phi) is 7.14. The number of carbonyl (C=O) groups excluding carboxylic acids is 1. The van der Waals surface area contributed by atoms with Gasteiger partial charge in [-0.25, -0.2) is 17.6 Å². The zero-order chi connectivity index (χ0) is 22.7. The first-order valence-electron chi connectivity index (χ1n) is 10.7. The van der Waals surface area contributed by atoms with Gasteiger partial charge in [0.2, 0.25) is 10.0 Å². The lowest BCUT2D eigenvalue weighted by molar-refractivity contribution is 0.0565. The standard InChI is InChI=1S/C22H27FN2O5S2/c1-29-22(26)21-20(10-15-31-21)32(27,28)25-13-6-16(7-14-25)24-11-8-17(9-12-24)30-19-5-3-2-4-18(19)23/h2-5,10,15-17H,6-9,11-14H2,1H3. The number of benzene rings is 1. The number of hydrogen-bond donors (Lipinski definition) is 0. The van der Waals surface area contributed by atoms with Crippen LogP contribution in [-0.4, -0.2) is 69.0 Å². The van der Waals surface area contributed by atoms with Crippen molar-refractivity contribution < 1.29 is 27.1 Å². The van der Waals surface area contributed by atoms with E-state index < -0.39 is 16.0 Å². The van der Waals surface area contributed by atoms with Gasteiger partial charge < -0.3 is 14.4 Å². The number of ether oxygens (including phenoxy) is 2. The van der Waals surface area contributed by atoms with Crippen molar-refractivity contribution in [2.24, 2.45) is 0 Å². The van der Waals surface area contributed by atoms with E-state index >= 15 is 0 Å². The molecular weight excluding hydrogens is 455 g/mol. The summed E-state index contributed by atoms with van der Waals surface area (Å²) in [6.07, 6.45) is 3.07. The minimum atomic E-state index is -3.74. The average molecular weight is 483 g/mol. The highest BCUT2D eigenvalue weighted by molar-refractivity contribution is 7.89. The normalized spacial score (nSPS) is 19.7. The van der Waals surface area contributed by atoms with E-state index in [4.69, 9.17) is 9.47 Å². The molecule has 0 atom stereocenters. The molecule has 0 aliphatic carbocycles. The van der Waals surface area contributed by atoms with E-state index in [0.29, 0.717) is 24.9 Å². The molecule has 7 nitrogen and oxygen atoms in total. The maximum Gasteiger partial charge on any atom is 0.349 e. The second kappa shape index (κ2) is 9.86. The van der Waals surface area contributed by atoms with Crippen LogP contribution in [-0.2, 0) is 14.8 Å². The zero-order valence-electron chi connectivity index (χ0n) is 17.9. The number of thiophene rings is 1. The van der Waals surface area contributed by atoms with Crippen molar-refractivity contribution in [3.63, 3.8) is 0 Å². The molecule has 174 valence electrons. The summed E-state index contributed by atoms with van der Waals surface area (Å²) in [4.78, 5) is 14.4. The Morgan fingerprint density at radius 1 is 1.06 bits per heavy atom. The second-order valence-electron chi connectivity index (χ2n) is 8.02. The van der Waals surface area contributed by atoms with Crippen LogP contribution >= 0.6 is 11.3 Å². The summed E-state index contributed by atoms with van der Waals surface area (Å²) in [5.74, 6) is -0.678. The van der Waals surface area contributed by atoms with Gasteiger partial charge >= 0.3 is 5.97 Å². The Morgan fingerprint density at radius 2 is 1.75 bits per heavy atom. The first-order valence-corrected chi connectivity index (χ1v) is 13.0. The highest BCUT2D eigenvalue weighted by Gasteiger charge is 2.35. The fraction of sp³-hybridized carbons (Fsp3) is 0.500. The van der Waals surface area contributed by atoms with Crippen molar-refractivity contribution in [3.8, 4) is 5.75 Å². The Hall–Kier alpha value is -2.01. The van der Waals surface area contributed by atoms with Crippen LogP contribution in [0.5, 0.6) is 5.75 Å². The van der Waals surface area contributed by atoms with Crippen LogP contribution in [0.3, 0.4) is 0 Å².